The highest BCUT2D eigenvalue weighted by molar-refractivity contribution is 6.10. The number of benzene rings is 1. The fourth-order valence-electron chi connectivity index (χ4n) is 4.81. The summed E-state index contributed by atoms with van der Waals surface area (Å²) < 4.78 is 5.06. The molecule has 27 heavy (non-hydrogen) atoms. The lowest BCUT2D eigenvalue weighted by Crippen LogP contribution is -2.44. The van der Waals surface area contributed by atoms with E-state index < -0.39 is 0 Å². The van der Waals surface area contributed by atoms with Crippen molar-refractivity contribution in [1.82, 2.24) is 14.8 Å². The van der Waals surface area contributed by atoms with Crippen LogP contribution in [-0.4, -0.2) is 39.7 Å². The molecule has 2 aromatic heterocycles. The van der Waals surface area contributed by atoms with E-state index in [9.17, 15) is 4.79 Å². The number of carbonyl (C=O) groups excluding carboxylic acids is 1. The van der Waals surface area contributed by atoms with Crippen molar-refractivity contribution in [2.45, 2.75) is 44.1 Å². The van der Waals surface area contributed by atoms with Gasteiger partial charge in [0.15, 0.2) is 5.78 Å². The molecule has 0 radical (unpaired) electrons. The Bertz CT molecular complexity index is 976. The molecule has 140 valence electrons. The molecule has 2 aliphatic heterocycles. The molecule has 0 amide bonds. The Morgan fingerprint density at radius 2 is 2.07 bits per heavy atom. The van der Waals surface area contributed by atoms with Crippen LogP contribution in [0.2, 0.25) is 0 Å². The van der Waals surface area contributed by atoms with Crippen LogP contribution < -0.4 is 5.84 Å². The number of carbonyl (C=O) groups is 1. The van der Waals surface area contributed by atoms with Crippen LogP contribution in [-0.2, 0) is 0 Å². The summed E-state index contributed by atoms with van der Waals surface area (Å²) in [7, 11) is 0. The topological polar surface area (TPSA) is 77.3 Å². The molecule has 3 aromatic rings. The molecule has 2 unspecified atom stereocenters. The Hall–Kier alpha value is -2.60. The molecule has 0 aliphatic carbocycles. The fourth-order valence-corrected chi connectivity index (χ4v) is 4.81. The maximum Gasteiger partial charge on any atom is 0.196 e. The van der Waals surface area contributed by atoms with Crippen LogP contribution in [0.4, 0.5) is 0 Å². The molecule has 6 heteroatoms. The largest absolute Gasteiger partial charge is 0.472 e. The summed E-state index contributed by atoms with van der Waals surface area (Å²) in [5.41, 5.74) is 3.12. The van der Waals surface area contributed by atoms with Crippen LogP contribution in [0.15, 0.2) is 41.2 Å². The first kappa shape index (κ1) is 16.6. The maximum atomic E-state index is 12.7. The smallest absolute Gasteiger partial charge is 0.196 e. The van der Waals surface area contributed by atoms with Gasteiger partial charge in [0.2, 0.25) is 0 Å². The lowest BCUT2D eigenvalue weighted by molar-refractivity contribution is 0.0967. The van der Waals surface area contributed by atoms with Crippen molar-refractivity contribution in [2.24, 2.45) is 0 Å². The van der Waals surface area contributed by atoms with Crippen molar-refractivity contribution in [2.75, 3.05) is 18.9 Å². The van der Waals surface area contributed by atoms with Crippen molar-refractivity contribution in [3.63, 3.8) is 0 Å². The number of hydrogen-bond acceptors (Lipinski definition) is 5. The zero-order valence-corrected chi connectivity index (χ0v) is 15.3. The highest BCUT2D eigenvalue weighted by Gasteiger charge is 2.33. The van der Waals surface area contributed by atoms with Crippen molar-refractivity contribution in [3.8, 4) is 0 Å². The summed E-state index contributed by atoms with van der Waals surface area (Å²) in [4.78, 5) is 16.8. The summed E-state index contributed by atoms with van der Waals surface area (Å²) in [6.45, 7) is 2.36. The van der Waals surface area contributed by atoms with Crippen LogP contribution >= 0.6 is 0 Å². The fraction of sp³-hybridized carbons (Fsp3) is 0.429. The first-order chi connectivity index (χ1) is 13.2. The predicted molar refractivity (Wildman–Crippen MR) is 103 cm³/mol. The molecule has 0 saturated carbocycles. The van der Waals surface area contributed by atoms with Crippen molar-refractivity contribution < 1.29 is 9.21 Å². The van der Waals surface area contributed by atoms with Gasteiger partial charge >= 0.3 is 0 Å². The first-order valence-electron chi connectivity index (χ1n) is 9.79. The third-order valence-corrected chi connectivity index (χ3v) is 6.24. The Labute approximate surface area is 157 Å². The molecule has 4 heterocycles. The van der Waals surface area contributed by atoms with Crippen LogP contribution in [0.5, 0.6) is 0 Å². The molecule has 2 atom stereocenters. The van der Waals surface area contributed by atoms with Crippen molar-refractivity contribution in [3.05, 3.63) is 53.6 Å². The SMILES string of the molecule is Nn1nc(C2CCN3CCCCC3C2)c2cc(C(=O)c3ccoc3)ccc21. The van der Waals surface area contributed by atoms with E-state index in [4.69, 9.17) is 10.3 Å². The minimum atomic E-state index is -0.0385. The average Bonchev–Trinajstić information content (AvgIpc) is 3.35. The molecule has 2 aliphatic rings. The highest BCUT2D eigenvalue weighted by atomic mass is 16.3. The van der Waals surface area contributed by atoms with Crippen molar-refractivity contribution in [1.29, 1.82) is 0 Å². The van der Waals surface area contributed by atoms with Crippen LogP contribution in [0.3, 0.4) is 0 Å². The number of furan rings is 1. The van der Waals surface area contributed by atoms with Crippen LogP contribution in [0.1, 0.15) is 59.6 Å². The summed E-state index contributed by atoms with van der Waals surface area (Å²) in [5, 5.41) is 5.66. The molecule has 2 N–H and O–H groups in total. The second-order valence-corrected chi connectivity index (χ2v) is 7.81. The van der Waals surface area contributed by atoms with Gasteiger partial charge in [-0.15, -0.1) is 0 Å². The van der Waals surface area contributed by atoms with Gasteiger partial charge in [-0.05, 0) is 63.0 Å². The standard InChI is InChI=1S/C21H24N4O2/c22-25-19-5-4-15(21(26)16-7-10-27-13-16)12-18(19)20(23-25)14-6-9-24-8-2-1-3-17(24)11-14/h4-5,7,10,12-14,17H,1-3,6,8-9,11,22H2. The zero-order valence-electron chi connectivity index (χ0n) is 15.3. The van der Waals surface area contributed by atoms with Gasteiger partial charge in [-0.2, -0.15) is 9.89 Å². The number of ketones is 1. The third kappa shape index (κ3) is 2.84. The number of nitrogen functional groups attached to an aromatic ring is 1. The van der Waals surface area contributed by atoms with Gasteiger partial charge in [0.1, 0.15) is 6.26 Å². The molecular formula is C21H24N4O2. The number of fused-ring (bicyclic) bond motifs is 2. The number of hydrogen-bond donors (Lipinski definition) is 1. The van der Waals surface area contributed by atoms with Crippen LogP contribution in [0.25, 0.3) is 10.9 Å². The number of aromatic nitrogens is 2. The Balaban J connectivity index is 1.50. The van der Waals surface area contributed by atoms with Gasteiger partial charge < -0.3 is 15.2 Å². The van der Waals surface area contributed by atoms with E-state index >= 15 is 0 Å². The maximum absolute atomic E-state index is 12.7. The molecule has 5 rings (SSSR count). The first-order valence-corrected chi connectivity index (χ1v) is 9.79. The lowest BCUT2D eigenvalue weighted by atomic mass is 9.83. The predicted octanol–water partition coefficient (Wildman–Crippen LogP) is 3.31. The Morgan fingerprint density at radius 1 is 1.15 bits per heavy atom. The van der Waals surface area contributed by atoms with E-state index in [1.165, 1.54) is 43.1 Å². The van der Waals surface area contributed by atoms with Gasteiger partial charge in [0.05, 0.1) is 23.0 Å². The molecule has 6 nitrogen and oxygen atoms in total. The van der Waals surface area contributed by atoms with Gasteiger partial charge in [0.25, 0.3) is 0 Å². The van der Waals surface area contributed by atoms with E-state index in [2.05, 4.69) is 10.00 Å². The third-order valence-electron chi connectivity index (χ3n) is 6.24. The van der Waals surface area contributed by atoms with E-state index in [1.54, 1.807) is 6.07 Å². The summed E-state index contributed by atoms with van der Waals surface area (Å²) in [5.74, 6) is 6.49. The average molecular weight is 364 g/mol. The Kier molecular flexibility index (Phi) is 4.01. The van der Waals surface area contributed by atoms with Crippen LogP contribution in [0, 0.1) is 0 Å². The second kappa shape index (κ2) is 6.53. The molecular weight excluding hydrogens is 340 g/mol. The van der Waals surface area contributed by atoms with E-state index in [1.807, 2.05) is 18.2 Å². The second-order valence-electron chi connectivity index (χ2n) is 7.81. The van der Waals surface area contributed by atoms with E-state index in [0.717, 1.165) is 36.0 Å². The van der Waals surface area contributed by atoms with Gasteiger partial charge in [-0.3, -0.25) is 4.79 Å². The summed E-state index contributed by atoms with van der Waals surface area (Å²) in [6.07, 6.45) is 9.16. The number of piperidine rings is 2. The summed E-state index contributed by atoms with van der Waals surface area (Å²) >= 11 is 0. The van der Waals surface area contributed by atoms with E-state index in [-0.39, 0.29) is 5.78 Å². The van der Waals surface area contributed by atoms with Crippen molar-refractivity contribution >= 4 is 16.7 Å². The molecule has 2 saturated heterocycles. The minimum absolute atomic E-state index is 0.0385. The Morgan fingerprint density at radius 3 is 2.93 bits per heavy atom. The highest BCUT2D eigenvalue weighted by Crippen LogP contribution is 2.37. The van der Waals surface area contributed by atoms with Gasteiger partial charge in [-0.25, -0.2) is 0 Å². The molecule has 0 bridgehead atoms. The van der Waals surface area contributed by atoms with E-state index in [0.29, 0.717) is 23.1 Å². The molecule has 2 fully saturated rings. The quantitative estimate of drug-likeness (QED) is 0.570. The van der Waals surface area contributed by atoms with Gasteiger partial charge in [-0.1, -0.05) is 6.42 Å². The molecule has 1 aromatic carbocycles. The van der Waals surface area contributed by atoms with Gasteiger partial charge in [0, 0.05) is 22.9 Å². The minimum Gasteiger partial charge on any atom is -0.472 e. The number of rotatable bonds is 3. The molecule has 0 spiro atoms. The normalized spacial score (nSPS) is 23.4. The number of nitrogens with two attached hydrogens (primary N) is 1. The zero-order chi connectivity index (χ0) is 18.4. The summed E-state index contributed by atoms with van der Waals surface area (Å²) in [6, 6.07) is 8.01. The monoisotopic (exact) mass is 364 g/mol. The lowest BCUT2D eigenvalue weighted by Gasteiger charge is -2.42. The number of nitrogens with zero attached hydrogens (tertiary/aromatic N) is 3.